The maximum absolute atomic E-state index is 12.4. The van der Waals surface area contributed by atoms with Gasteiger partial charge in [-0.1, -0.05) is 53.5 Å². The molecule has 2 N–H and O–H groups in total. The molecule has 1 heterocycles. The van der Waals surface area contributed by atoms with E-state index in [-0.39, 0.29) is 24.9 Å². The fraction of sp³-hybridized carbons (Fsp3) is 0.182. The Kier molecular flexibility index (Phi) is 8.80. The average molecular weight is 603 g/mol. The van der Waals surface area contributed by atoms with E-state index in [1.807, 2.05) is 67.1 Å². The Morgan fingerprint density at radius 2 is 1.60 bits per heavy atom. The Hall–Kier alpha value is -4.33. The monoisotopic (exact) mass is 601 g/mol. The number of fused-ring (bicyclic) bond motifs is 1. The van der Waals surface area contributed by atoms with Gasteiger partial charge in [0, 0.05) is 33.3 Å². The number of nitrogens with one attached hydrogen (secondary N) is 1. The first kappa shape index (κ1) is 29.2. The summed E-state index contributed by atoms with van der Waals surface area (Å²) in [5, 5.41) is 19.6. The Morgan fingerprint density at radius 3 is 2.29 bits per heavy atom. The van der Waals surface area contributed by atoms with Crippen LogP contribution in [0.3, 0.4) is 0 Å². The van der Waals surface area contributed by atoms with Gasteiger partial charge >= 0.3 is 5.97 Å². The van der Waals surface area contributed by atoms with Crippen LogP contribution in [0.1, 0.15) is 42.2 Å². The SMILES string of the molecule is CCOc1ccc2cc(-c3cc(-c4cc(Cl)cc(Cl)c4)nn3[C@@H](C)c3ccc(C(=O)NCCC(=O)O)cc3)ccc2c1. The van der Waals surface area contributed by atoms with Crippen molar-refractivity contribution in [2.24, 2.45) is 0 Å². The number of benzene rings is 4. The highest BCUT2D eigenvalue weighted by Crippen LogP contribution is 2.35. The predicted octanol–water partition coefficient (Wildman–Crippen LogP) is 7.89. The van der Waals surface area contributed by atoms with Crippen molar-refractivity contribution < 1.29 is 19.4 Å². The van der Waals surface area contributed by atoms with Gasteiger partial charge in [0.2, 0.25) is 0 Å². The number of amides is 1. The van der Waals surface area contributed by atoms with Crippen molar-refractivity contribution in [3.63, 3.8) is 0 Å². The van der Waals surface area contributed by atoms with Crippen LogP contribution in [0.5, 0.6) is 5.75 Å². The number of hydrogen-bond acceptors (Lipinski definition) is 4. The molecule has 0 bridgehead atoms. The van der Waals surface area contributed by atoms with Crippen LogP contribution in [-0.2, 0) is 4.79 Å². The summed E-state index contributed by atoms with van der Waals surface area (Å²) < 4.78 is 7.63. The number of carboxylic acids is 1. The van der Waals surface area contributed by atoms with Gasteiger partial charge in [0.05, 0.1) is 30.5 Å². The lowest BCUT2D eigenvalue weighted by Crippen LogP contribution is -2.26. The molecule has 0 aliphatic rings. The molecule has 42 heavy (non-hydrogen) atoms. The first-order valence-corrected chi connectivity index (χ1v) is 14.3. The summed E-state index contributed by atoms with van der Waals surface area (Å²) in [4.78, 5) is 23.2. The second-order valence-corrected chi connectivity index (χ2v) is 10.7. The van der Waals surface area contributed by atoms with Crippen molar-refractivity contribution in [2.75, 3.05) is 13.2 Å². The molecule has 1 atom stereocenters. The van der Waals surface area contributed by atoms with Gasteiger partial charge in [-0.2, -0.15) is 5.10 Å². The molecule has 0 saturated heterocycles. The highest BCUT2D eigenvalue weighted by atomic mass is 35.5. The zero-order chi connectivity index (χ0) is 29.8. The van der Waals surface area contributed by atoms with E-state index in [1.54, 1.807) is 18.2 Å². The first-order valence-electron chi connectivity index (χ1n) is 13.5. The number of carbonyl (C=O) groups excluding carboxylic acids is 1. The van der Waals surface area contributed by atoms with Crippen LogP contribution in [0.25, 0.3) is 33.3 Å². The third-order valence-electron chi connectivity index (χ3n) is 6.96. The number of aromatic nitrogens is 2. The van der Waals surface area contributed by atoms with E-state index >= 15 is 0 Å². The fourth-order valence-electron chi connectivity index (χ4n) is 4.83. The molecule has 5 aromatic rings. The molecule has 4 aromatic carbocycles. The zero-order valence-corrected chi connectivity index (χ0v) is 24.6. The maximum atomic E-state index is 12.4. The van der Waals surface area contributed by atoms with E-state index in [2.05, 4.69) is 23.5 Å². The minimum absolute atomic E-state index is 0.0674. The predicted molar refractivity (Wildman–Crippen MR) is 167 cm³/mol. The Balaban J connectivity index is 1.52. The maximum Gasteiger partial charge on any atom is 0.305 e. The standard InChI is InChI=1S/C33H29Cl2N3O4/c1-3-42-29-11-10-23-14-25(9-8-24(23)17-29)31-19-30(26-15-27(34)18-28(35)16-26)37-38(31)20(2)21-4-6-22(7-5-21)33(41)36-13-12-32(39)40/h4-11,14-20H,3,12-13H2,1-2H3,(H,36,41)(H,39,40)/t20-/m0/s1. The van der Waals surface area contributed by atoms with Crippen molar-refractivity contribution in [3.8, 4) is 28.3 Å². The van der Waals surface area contributed by atoms with Crippen LogP contribution < -0.4 is 10.1 Å². The molecule has 0 aliphatic heterocycles. The second kappa shape index (κ2) is 12.7. The molecule has 9 heteroatoms. The number of ether oxygens (including phenoxy) is 1. The summed E-state index contributed by atoms with van der Waals surface area (Å²) in [6, 6.07) is 26.7. The average Bonchev–Trinajstić information content (AvgIpc) is 3.42. The smallest absolute Gasteiger partial charge is 0.305 e. The van der Waals surface area contributed by atoms with Crippen molar-refractivity contribution in [1.82, 2.24) is 15.1 Å². The highest BCUT2D eigenvalue weighted by molar-refractivity contribution is 6.35. The van der Waals surface area contributed by atoms with E-state index < -0.39 is 5.97 Å². The van der Waals surface area contributed by atoms with Crippen molar-refractivity contribution in [1.29, 1.82) is 0 Å². The molecule has 0 spiro atoms. The topological polar surface area (TPSA) is 93.5 Å². The summed E-state index contributed by atoms with van der Waals surface area (Å²) in [5.41, 5.74) is 4.81. The van der Waals surface area contributed by atoms with Gasteiger partial charge in [-0.3, -0.25) is 14.3 Å². The minimum atomic E-state index is -0.962. The number of aliphatic carboxylic acids is 1. The number of halogens is 2. The van der Waals surface area contributed by atoms with E-state index in [0.717, 1.165) is 44.6 Å². The number of nitrogens with zero attached hydrogens (tertiary/aromatic N) is 2. The molecule has 5 rings (SSSR count). The molecule has 7 nitrogen and oxygen atoms in total. The zero-order valence-electron chi connectivity index (χ0n) is 23.1. The molecule has 214 valence electrons. The largest absolute Gasteiger partial charge is 0.494 e. The lowest BCUT2D eigenvalue weighted by Gasteiger charge is -2.17. The molecule has 0 unspecified atom stereocenters. The van der Waals surface area contributed by atoms with Gasteiger partial charge < -0.3 is 15.2 Å². The van der Waals surface area contributed by atoms with Gasteiger partial charge in [-0.15, -0.1) is 0 Å². The van der Waals surface area contributed by atoms with Crippen molar-refractivity contribution in [3.05, 3.63) is 106 Å². The molecular weight excluding hydrogens is 573 g/mol. The molecule has 1 aromatic heterocycles. The van der Waals surface area contributed by atoms with Crippen LogP contribution >= 0.6 is 23.2 Å². The van der Waals surface area contributed by atoms with Crippen LogP contribution in [0.2, 0.25) is 10.0 Å². The molecule has 0 saturated carbocycles. The molecule has 1 amide bonds. The third-order valence-corrected chi connectivity index (χ3v) is 7.40. The summed E-state index contributed by atoms with van der Waals surface area (Å²) >= 11 is 12.6. The van der Waals surface area contributed by atoms with E-state index in [1.165, 1.54) is 0 Å². The normalized spacial score (nSPS) is 11.8. The van der Waals surface area contributed by atoms with Crippen LogP contribution in [0.15, 0.2) is 84.9 Å². The van der Waals surface area contributed by atoms with E-state index in [9.17, 15) is 9.59 Å². The molecular formula is C33H29Cl2N3O4. The number of carbonyl (C=O) groups is 2. The van der Waals surface area contributed by atoms with Crippen LogP contribution in [0, 0.1) is 0 Å². The molecule has 0 radical (unpaired) electrons. The Morgan fingerprint density at radius 1 is 0.905 bits per heavy atom. The van der Waals surface area contributed by atoms with E-state index in [0.29, 0.717) is 22.2 Å². The summed E-state index contributed by atoms with van der Waals surface area (Å²) in [7, 11) is 0. The summed E-state index contributed by atoms with van der Waals surface area (Å²) in [6.45, 7) is 4.68. The lowest BCUT2D eigenvalue weighted by atomic mass is 10.0. The minimum Gasteiger partial charge on any atom is -0.494 e. The number of rotatable bonds is 10. The Bertz CT molecular complexity index is 1750. The van der Waals surface area contributed by atoms with Crippen LogP contribution in [-0.4, -0.2) is 39.9 Å². The first-order chi connectivity index (χ1) is 20.2. The van der Waals surface area contributed by atoms with Gasteiger partial charge in [-0.25, -0.2) is 0 Å². The molecule has 0 aliphatic carbocycles. The third kappa shape index (κ3) is 6.59. The fourth-order valence-corrected chi connectivity index (χ4v) is 5.35. The Labute approximate surface area is 253 Å². The van der Waals surface area contributed by atoms with Crippen molar-refractivity contribution >= 4 is 45.9 Å². The van der Waals surface area contributed by atoms with Crippen LogP contribution in [0.4, 0.5) is 0 Å². The van der Waals surface area contributed by atoms with Gasteiger partial charge in [0.1, 0.15) is 5.75 Å². The number of carboxylic acid groups (broad SMARTS) is 1. The highest BCUT2D eigenvalue weighted by Gasteiger charge is 2.19. The summed E-state index contributed by atoms with van der Waals surface area (Å²) in [5.74, 6) is -0.454. The van der Waals surface area contributed by atoms with Gasteiger partial charge in [0.15, 0.2) is 0 Å². The summed E-state index contributed by atoms with van der Waals surface area (Å²) in [6.07, 6.45) is -0.133. The molecule has 0 fully saturated rings. The van der Waals surface area contributed by atoms with Gasteiger partial charge in [0.25, 0.3) is 5.91 Å². The quantitative estimate of drug-likeness (QED) is 0.170. The van der Waals surface area contributed by atoms with Gasteiger partial charge in [-0.05, 0) is 84.8 Å². The van der Waals surface area contributed by atoms with Crippen molar-refractivity contribution in [2.45, 2.75) is 26.3 Å². The lowest BCUT2D eigenvalue weighted by molar-refractivity contribution is -0.136. The van der Waals surface area contributed by atoms with E-state index in [4.69, 9.17) is 38.1 Å². The second-order valence-electron chi connectivity index (χ2n) is 9.87. The number of hydrogen-bond donors (Lipinski definition) is 2.